The lowest BCUT2D eigenvalue weighted by Gasteiger charge is -2.19. The van der Waals surface area contributed by atoms with Gasteiger partial charge in [0.2, 0.25) is 0 Å². The molecule has 3 heteroatoms. The Morgan fingerprint density at radius 1 is 1.00 bits per heavy atom. The van der Waals surface area contributed by atoms with Gasteiger partial charge in [-0.1, -0.05) is 29.3 Å². The molecule has 0 aliphatic carbocycles. The molecule has 0 amide bonds. The molecule has 0 fully saturated rings. The maximum absolute atomic E-state index is 6.24. The number of hydrogen-bond acceptors (Lipinski definition) is 1. The van der Waals surface area contributed by atoms with Crippen LogP contribution in [0.5, 0.6) is 0 Å². The van der Waals surface area contributed by atoms with E-state index < -0.39 is 0 Å². The van der Waals surface area contributed by atoms with Crippen LogP contribution < -0.4 is 5.32 Å². The van der Waals surface area contributed by atoms with Gasteiger partial charge in [-0.05, 0) is 54.3 Å². The molecule has 0 saturated heterocycles. The Kier molecular flexibility index (Phi) is 3.19. The van der Waals surface area contributed by atoms with Gasteiger partial charge in [-0.25, -0.2) is 0 Å². The van der Waals surface area contributed by atoms with Crippen molar-refractivity contribution in [1.82, 2.24) is 0 Å². The number of nitrogens with one attached hydrogen (secondary N) is 1. The zero-order valence-electron chi connectivity index (χ0n) is 9.84. The molecular weight excluding hydrogens is 265 g/mol. The van der Waals surface area contributed by atoms with Crippen LogP contribution in [0.15, 0.2) is 36.4 Å². The fourth-order valence-corrected chi connectivity index (χ4v) is 2.76. The van der Waals surface area contributed by atoms with Crippen molar-refractivity contribution >= 4 is 28.9 Å². The number of benzene rings is 2. The predicted octanol–water partition coefficient (Wildman–Crippen LogP) is 5.02. The van der Waals surface area contributed by atoms with E-state index in [0.717, 1.165) is 29.1 Å². The molecule has 0 saturated carbocycles. The summed E-state index contributed by atoms with van der Waals surface area (Å²) in [6.45, 7) is 1.06. The van der Waals surface area contributed by atoms with E-state index in [0.29, 0.717) is 5.02 Å². The molecule has 0 spiro atoms. The van der Waals surface area contributed by atoms with Gasteiger partial charge in [-0.3, -0.25) is 0 Å². The highest BCUT2D eigenvalue weighted by Gasteiger charge is 2.11. The molecule has 0 radical (unpaired) electrons. The maximum atomic E-state index is 6.24. The summed E-state index contributed by atoms with van der Waals surface area (Å²) in [4.78, 5) is 0. The summed E-state index contributed by atoms with van der Waals surface area (Å²) in [6, 6.07) is 12.0. The molecule has 0 atom stereocenters. The van der Waals surface area contributed by atoms with Gasteiger partial charge in [-0.2, -0.15) is 0 Å². The lowest BCUT2D eigenvalue weighted by molar-refractivity contribution is 0.830. The second-order valence-corrected chi connectivity index (χ2v) is 5.37. The van der Waals surface area contributed by atoms with Crippen LogP contribution in [-0.2, 0) is 6.42 Å². The molecule has 1 heterocycles. The van der Waals surface area contributed by atoms with E-state index in [9.17, 15) is 0 Å². The maximum Gasteiger partial charge on any atom is 0.0485 e. The SMILES string of the molecule is Clc1ccc(Cl)c(-c2ccc3c(c2)CCCN3)c1. The first-order chi connectivity index (χ1) is 8.74. The minimum absolute atomic E-state index is 0.713. The average Bonchev–Trinajstić information content (AvgIpc) is 2.41. The summed E-state index contributed by atoms with van der Waals surface area (Å²) < 4.78 is 0. The van der Waals surface area contributed by atoms with Crippen molar-refractivity contribution in [2.75, 3.05) is 11.9 Å². The average molecular weight is 278 g/mol. The lowest BCUT2D eigenvalue weighted by atomic mass is 9.97. The van der Waals surface area contributed by atoms with Crippen molar-refractivity contribution in [2.45, 2.75) is 12.8 Å². The van der Waals surface area contributed by atoms with Crippen LogP contribution in [-0.4, -0.2) is 6.54 Å². The molecular formula is C15H13Cl2N. The molecule has 1 aliphatic heterocycles. The number of fused-ring (bicyclic) bond motifs is 1. The first-order valence-electron chi connectivity index (χ1n) is 6.06. The third kappa shape index (κ3) is 2.21. The van der Waals surface area contributed by atoms with E-state index in [1.807, 2.05) is 18.2 Å². The Morgan fingerprint density at radius 2 is 1.89 bits per heavy atom. The zero-order chi connectivity index (χ0) is 12.5. The molecule has 0 unspecified atom stereocenters. The van der Waals surface area contributed by atoms with Crippen molar-refractivity contribution in [3.05, 3.63) is 52.0 Å². The van der Waals surface area contributed by atoms with Crippen LogP contribution in [0.2, 0.25) is 10.0 Å². The topological polar surface area (TPSA) is 12.0 Å². The largest absolute Gasteiger partial charge is 0.385 e. The number of rotatable bonds is 1. The number of hydrogen-bond donors (Lipinski definition) is 1. The van der Waals surface area contributed by atoms with Gasteiger partial charge in [0.05, 0.1) is 0 Å². The third-order valence-electron chi connectivity index (χ3n) is 3.28. The highest BCUT2D eigenvalue weighted by Crippen LogP contribution is 2.33. The highest BCUT2D eigenvalue weighted by atomic mass is 35.5. The fourth-order valence-electron chi connectivity index (χ4n) is 2.36. The van der Waals surface area contributed by atoms with Gasteiger partial charge in [0.1, 0.15) is 0 Å². The van der Waals surface area contributed by atoms with Crippen LogP contribution in [0.1, 0.15) is 12.0 Å². The molecule has 1 aliphatic rings. The summed E-state index contributed by atoms with van der Waals surface area (Å²) in [5.41, 5.74) is 4.72. The minimum atomic E-state index is 0.713. The van der Waals surface area contributed by atoms with E-state index >= 15 is 0 Å². The summed E-state index contributed by atoms with van der Waals surface area (Å²) >= 11 is 12.3. The van der Waals surface area contributed by atoms with Crippen LogP contribution in [0.4, 0.5) is 5.69 Å². The van der Waals surface area contributed by atoms with Gasteiger partial charge in [0, 0.05) is 27.8 Å². The molecule has 0 bridgehead atoms. The lowest BCUT2D eigenvalue weighted by Crippen LogP contribution is -2.11. The normalized spacial score (nSPS) is 13.9. The molecule has 1 nitrogen and oxygen atoms in total. The van der Waals surface area contributed by atoms with Crippen molar-refractivity contribution in [1.29, 1.82) is 0 Å². The van der Waals surface area contributed by atoms with Crippen LogP contribution in [0.25, 0.3) is 11.1 Å². The van der Waals surface area contributed by atoms with Gasteiger partial charge in [0.25, 0.3) is 0 Å². The van der Waals surface area contributed by atoms with E-state index in [-0.39, 0.29) is 0 Å². The summed E-state index contributed by atoms with van der Waals surface area (Å²) in [6.07, 6.45) is 2.30. The van der Waals surface area contributed by atoms with Crippen LogP contribution in [0, 0.1) is 0 Å². The van der Waals surface area contributed by atoms with Gasteiger partial charge in [0.15, 0.2) is 0 Å². The predicted molar refractivity (Wildman–Crippen MR) is 78.7 cm³/mol. The number of anilines is 1. The minimum Gasteiger partial charge on any atom is -0.385 e. The first kappa shape index (κ1) is 11.9. The Bertz CT molecular complexity index is 593. The first-order valence-corrected chi connectivity index (χ1v) is 6.82. The Hall–Kier alpha value is -1.18. The Morgan fingerprint density at radius 3 is 2.78 bits per heavy atom. The second kappa shape index (κ2) is 4.83. The number of aryl methyl sites for hydroxylation is 1. The standard InChI is InChI=1S/C15H13Cl2N/c16-12-4-5-14(17)13(9-12)10-3-6-15-11(8-10)2-1-7-18-15/h3-6,8-9,18H,1-2,7H2. The molecule has 3 rings (SSSR count). The molecule has 92 valence electrons. The van der Waals surface area contributed by atoms with Gasteiger partial charge < -0.3 is 5.32 Å². The molecule has 2 aromatic carbocycles. The Balaban J connectivity index is 2.09. The summed E-state index contributed by atoms with van der Waals surface area (Å²) in [5, 5.41) is 4.86. The van der Waals surface area contributed by atoms with Crippen molar-refractivity contribution in [2.24, 2.45) is 0 Å². The molecule has 0 aromatic heterocycles. The van der Waals surface area contributed by atoms with Crippen molar-refractivity contribution < 1.29 is 0 Å². The third-order valence-corrected chi connectivity index (χ3v) is 3.85. The summed E-state index contributed by atoms with van der Waals surface area (Å²) in [5.74, 6) is 0. The Labute approximate surface area is 117 Å². The summed E-state index contributed by atoms with van der Waals surface area (Å²) in [7, 11) is 0. The fraction of sp³-hybridized carbons (Fsp3) is 0.200. The highest BCUT2D eigenvalue weighted by molar-refractivity contribution is 6.35. The second-order valence-electron chi connectivity index (χ2n) is 4.53. The molecule has 1 N–H and O–H groups in total. The van der Waals surface area contributed by atoms with Crippen LogP contribution >= 0.6 is 23.2 Å². The van der Waals surface area contributed by atoms with E-state index in [4.69, 9.17) is 23.2 Å². The number of halogens is 2. The van der Waals surface area contributed by atoms with E-state index in [2.05, 4.69) is 23.5 Å². The van der Waals surface area contributed by atoms with E-state index in [1.54, 1.807) is 0 Å². The van der Waals surface area contributed by atoms with Gasteiger partial charge >= 0.3 is 0 Å². The zero-order valence-corrected chi connectivity index (χ0v) is 11.4. The smallest absolute Gasteiger partial charge is 0.0485 e. The van der Waals surface area contributed by atoms with E-state index in [1.165, 1.54) is 17.7 Å². The monoisotopic (exact) mass is 277 g/mol. The van der Waals surface area contributed by atoms with Gasteiger partial charge in [-0.15, -0.1) is 0 Å². The molecule has 18 heavy (non-hydrogen) atoms. The molecule has 2 aromatic rings. The van der Waals surface area contributed by atoms with Crippen LogP contribution in [0.3, 0.4) is 0 Å². The van der Waals surface area contributed by atoms with Crippen molar-refractivity contribution in [3.8, 4) is 11.1 Å². The van der Waals surface area contributed by atoms with Crippen molar-refractivity contribution in [3.63, 3.8) is 0 Å². The quantitative estimate of drug-likeness (QED) is 0.772.